The molecule has 0 aliphatic carbocycles. The smallest absolute Gasteiger partial charge is 0.271 e. The van der Waals surface area contributed by atoms with Crippen LogP contribution in [0.2, 0.25) is 5.02 Å². The molecule has 38 heavy (non-hydrogen) atoms. The summed E-state index contributed by atoms with van der Waals surface area (Å²) in [5, 5.41) is 10.6. The number of halogens is 1. The summed E-state index contributed by atoms with van der Waals surface area (Å²) in [6.45, 7) is 4.56. The zero-order valence-electron chi connectivity index (χ0n) is 20.6. The van der Waals surface area contributed by atoms with E-state index >= 15 is 0 Å². The number of amidine groups is 1. The molecule has 1 fully saturated rings. The highest BCUT2D eigenvalue weighted by molar-refractivity contribution is 8.19. The van der Waals surface area contributed by atoms with Crippen LogP contribution in [0.4, 0.5) is 10.8 Å². The molecule has 5 rings (SSSR count). The largest absolute Gasteiger partial charge is 0.490 e. The Bertz CT molecular complexity index is 1520. The second kappa shape index (κ2) is 11.8. The summed E-state index contributed by atoms with van der Waals surface area (Å²) in [6, 6.07) is 22.6. The summed E-state index contributed by atoms with van der Waals surface area (Å²) in [4.78, 5) is 20.3. The second-order valence-electron chi connectivity index (χ2n) is 8.10. The van der Waals surface area contributed by atoms with E-state index in [4.69, 9.17) is 21.1 Å². The number of hydrogen-bond acceptors (Lipinski definition) is 8. The molecule has 1 saturated heterocycles. The van der Waals surface area contributed by atoms with E-state index in [9.17, 15) is 4.79 Å². The minimum atomic E-state index is -0.168. The number of thioether (sulfide) groups is 1. The lowest BCUT2D eigenvalue weighted by atomic mass is 10.1. The van der Waals surface area contributed by atoms with Crippen LogP contribution in [0.15, 0.2) is 82.7 Å². The van der Waals surface area contributed by atoms with Gasteiger partial charge in [0.25, 0.3) is 5.91 Å². The summed E-state index contributed by atoms with van der Waals surface area (Å²) < 4.78 is 11.9. The molecule has 0 atom stereocenters. The molecule has 3 aromatic carbocycles. The number of anilines is 1. The number of hydrogen-bond donors (Lipinski definition) is 0. The number of aromatic nitrogens is 2. The Balaban J connectivity index is 1.44. The zero-order chi connectivity index (χ0) is 26.5. The predicted molar refractivity (Wildman–Crippen MR) is 155 cm³/mol. The Morgan fingerprint density at radius 3 is 2.53 bits per heavy atom. The van der Waals surface area contributed by atoms with Crippen LogP contribution < -0.4 is 14.4 Å². The Morgan fingerprint density at radius 2 is 1.79 bits per heavy atom. The van der Waals surface area contributed by atoms with Crippen LogP contribution >= 0.6 is 34.7 Å². The molecule has 1 aliphatic rings. The van der Waals surface area contributed by atoms with E-state index in [0.29, 0.717) is 44.9 Å². The van der Waals surface area contributed by atoms with E-state index in [1.165, 1.54) is 23.1 Å². The van der Waals surface area contributed by atoms with Crippen molar-refractivity contribution < 1.29 is 14.3 Å². The highest BCUT2D eigenvalue weighted by Gasteiger charge is 2.35. The van der Waals surface area contributed by atoms with E-state index in [1.807, 2.05) is 92.7 Å². The topological polar surface area (TPSA) is 76.9 Å². The lowest BCUT2D eigenvalue weighted by Crippen LogP contribution is -2.28. The van der Waals surface area contributed by atoms with Crippen LogP contribution in [0, 0.1) is 6.92 Å². The van der Waals surface area contributed by atoms with Gasteiger partial charge in [0.1, 0.15) is 11.6 Å². The molecule has 7 nitrogen and oxygen atoms in total. The first-order chi connectivity index (χ1) is 18.5. The van der Waals surface area contributed by atoms with Crippen molar-refractivity contribution in [3.63, 3.8) is 0 Å². The molecule has 0 spiro atoms. The molecule has 1 aromatic heterocycles. The zero-order valence-corrected chi connectivity index (χ0v) is 23.0. The molecule has 0 saturated carbocycles. The Morgan fingerprint density at radius 1 is 1.00 bits per heavy atom. The van der Waals surface area contributed by atoms with E-state index in [0.717, 1.165) is 21.8 Å². The van der Waals surface area contributed by atoms with Crippen molar-refractivity contribution in [2.45, 2.75) is 20.5 Å². The molecule has 10 heteroatoms. The quantitative estimate of drug-likeness (QED) is 0.210. The maximum absolute atomic E-state index is 13.5. The monoisotopic (exact) mass is 562 g/mol. The molecule has 4 aromatic rings. The number of ether oxygens (including phenoxy) is 2. The van der Waals surface area contributed by atoms with Gasteiger partial charge >= 0.3 is 0 Å². The van der Waals surface area contributed by atoms with Gasteiger partial charge < -0.3 is 9.47 Å². The SMILES string of the molecule is CCOc1cc(/C=C2\S/C(=N/c3nnc(C)s3)N(c3ccccc3)C2=O)ccc1OCc1ccccc1Cl. The van der Waals surface area contributed by atoms with Crippen LogP contribution in [0.5, 0.6) is 11.5 Å². The number of amides is 1. The van der Waals surface area contributed by atoms with E-state index in [2.05, 4.69) is 15.2 Å². The number of carbonyl (C=O) groups excluding carboxylic acids is 1. The molecule has 0 radical (unpaired) electrons. The summed E-state index contributed by atoms with van der Waals surface area (Å²) in [5.74, 6) is 1.01. The van der Waals surface area contributed by atoms with Crippen LogP contribution in [0.25, 0.3) is 6.08 Å². The summed E-state index contributed by atoms with van der Waals surface area (Å²) in [6.07, 6.45) is 1.83. The Kier molecular flexibility index (Phi) is 8.07. The van der Waals surface area contributed by atoms with Gasteiger partial charge in [0, 0.05) is 10.6 Å². The van der Waals surface area contributed by atoms with Crippen molar-refractivity contribution in [1.82, 2.24) is 10.2 Å². The fourth-order valence-electron chi connectivity index (χ4n) is 3.69. The maximum atomic E-state index is 13.5. The average Bonchev–Trinajstić information content (AvgIpc) is 3.47. The maximum Gasteiger partial charge on any atom is 0.271 e. The van der Waals surface area contributed by atoms with Gasteiger partial charge in [-0.3, -0.25) is 9.69 Å². The van der Waals surface area contributed by atoms with Gasteiger partial charge in [0.2, 0.25) is 5.13 Å². The molecule has 0 unspecified atom stereocenters. The summed E-state index contributed by atoms with van der Waals surface area (Å²) in [5.41, 5.74) is 2.41. The molecule has 2 heterocycles. The van der Waals surface area contributed by atoms with Crippen molar-refractivity contribution in [3.8, 4) is 11.5 Å². The molecule has 1 aliphatic heterocycles. The van der Waals surface area contributed by atoms with Crippen LogP contribution in [-0.4, -0.2) is 27.9 Å². The molecule has 1 amide bonds. The van der Waals surface area contributed by atoms with Crippen LogP contribution in [-0.2, 0) is 11.4 Å². The Hall–Kier alpha value is -3.66. The molecular formula is C28H23ClN4O3S2. The number of aryl methyl sites for hydroxylation is 1. The number of benzene rings is 3. The lowest BCUT2D eigenvalue weighted by molar-refractivity contribution is -0.113. The number of aliphatic imine (C=N–C) groups is 1. The third-order valence-corrected chi connectivity index (χ3v) is 7.50. The van der Waals surface area contributed by atoms with Crippen molar-refractivity contribution in [3.05, 3.63) is 98.9 Å². The van der Waals surface area contributed by atoms with Gasteiger partial charge in [-0.15, -0.1) is 10.2 Å². The minimum Gasteiger partial charge on any atom is -0.490 e. The van der Waals surface area contributed by atoms with E-state index in [1.54, 1.807) is 4.90 Å². The number of para-hydroxylation sites is 1. The molecule has 0 N–H and O–H groups in total. The number of nitrogens with zero attached hydrogens (tertiary/aromatic N) is 4. The van der Waals surface area contributed by atoms with Crippen molar-refractivity contribution >= 4 is 62.7 Å². The number of carbonyl (C=O) groups is 1. The van der Waals surface area contributed by atoms with Gasteiger partial charge in [0.15, 0.2) is 16.7 Å². The summed E-state index contributed by atoms with van der Waals surface area (Å²) >= 11 is 8.94. The molecular weight excluding hydrogens is 540 g/mol. The Labute approximate surface area is 233 Å². The number of rotatable bonds is 8. The standard InChI is InChI=1S/C28H23ClN4O3S2/c1-3-35-24-15-19(13-14-23(24)36-17-20-9-7-8-12-22(20)29)16-25-26(34)33(21-10-5-4-6-11-21)28(38-25)30-27-32-31-18(2)37-27/h4-16H,3,17H2,1-2H3/b25-16-,30-28+. The fourth-order valence-corrected chi connectivity index (χ4v) is 5.48. The van der Waals surface area contributed by atoms with Gasteiger partial charge in [-0.2, -0.15) is 4.99 Å². The first-order valence-corrected chi connectivity index (χ1v) is 13.8. The van der Waals surface area contributed by atoms with E-state index in [-0.39, 0.29) is 5.91 Å². The highest BCUT2D eigenvalue weighted by atomic mass is 35.5. The van der Waals surface area contributed by atoms with Crippen molar-refractivity contribution in [1.29, 1.82) is 0 Å². The predicted octanol–water partition coefficient (Wildman–Crippen LogP) is 7.29. The van der Waals surface area contributed by atoms with Gasteiger partial charge in [-0.05, 0) is 67.6 Å². The van der Waals surface area contributed by atoms with Crippen LogP contribution in [0.1, 0.15) is 23.1 Å². The third kappa shape index (κ3) is 5.91. The van der Waals surface area contributed by atoms with Gasteiger partial charge in [-0.25, -0.2) is 0 Å². The first kappa shape index (κ1) is 26.0. The third-order valence-electron chi connectivity index (χ3n) is 5.43. The lowest BCUT2D eigenvalue weighted by Gasteiger charge is -2.15. The normalized spacial score (nSPS) is 15.4. The highest BCUT2D eigenvalue weighted by Crippen LogP contribution is 2.39. The van der Waals surface area contributed by atoms with Gasteiger partial charge in [0.05, 0.1) is 17.2 Å². The minimum absolute atomic E-state index is 0.168. The van der Waals surface area contributed by atoms with E-state index < -0.39 is 0 Å². The van der Waals surface area contributed by atoms with Crippen molar-refractivity contribution in [2.75, 3.05) is 11.5 Å². The van der Waals surface area contributed by atoms with Crippen LogP contribution in [0.3, 0.4) is 0 Å². The molecule has 192 valence electrons. The molecule has 0 bridgehead atoms. The summed E-state index contributed by atoms with van der Waals surface area (Å²) in [7, 11) is 0. The fraction of sp³-hybridized carbons (Fsp3) is 0.143. The second-order valence-corrected chi connectivity index (χ2v) is 10.7. The van der Waals surface area contributed by atoms with Crippen molar-refractivity contribution in [2.24, 2.45) is 4.99 Å². The first-order valence-electron chi connectivity index (χ1n) is 11.8. The average molecular weight is 563 g/mol. The van der Waals surface area contributed by atoms with Gasteiger partial charge in [-0.1, -0.05) is 65.4 Å².